The Labute approximate surface area is 164 Å². The summed E-state index contributed by atoms with van der Waals surface area (Å²) in [4.78, 5) is 30.8. The number of ether oxygens (including phenoxy) is 2. The van der Waals surface area contributed by atoms with Gasteiger partial charge in [-0.05, 0) is 49.7 Å². The number of carbonyl (C=O) groups is 2. The van der Waals surface area contributed by atoms with E-state index in [0.29, 0.717) is 11.5 Å². The van der Waals surface area contributed by atoms with Gasteiger partial charge in [0.1, 0.15) is 17.5 Å². The SMILES string of the molecule is CCC(Oc1ccc(OC(F)(F)F)cc1)C(=O)N1c2ncccc2NC(=O)C1C. The molecular weight excluding hydrogens is 391 g/mol. The molecule has 0 bridgehead atoms. The average Bonchev–Trinajstić information content (AvgIpc) is 2.67. The number of hydrogen-bond acceptors (Lipinski definition) is 5. The second-order valence-corrected chi connectivity index (χ2v) is 6.28. The van der Waals surface area contributed by atoms with Crippen LogP contribution in [0.3, 0.4) is 0 Å². The molecule has 2 atom stereocenters. The average molecular weight is 409 g/mol. The first-order valence-corrected chi connectivity index (χ1v) is 8.81. The number of nitrogens with one attached hydrogen (secondary N) is 1. The Morgan fingerprint density at radius 1 is 1.24 bits per heavy atom. The van der Waals surface area contributed by atoms with Crippen molar-refractivity contribution in [1.29, 1.82) is 0 Å². The monoisotopic (exact) mass is 409 g/mol. The van der Waals surface area contributed by atoms with Crippen LogP contribution in [0.2, 0.25) is 0 Å². The quantitative estimate of drug-likeness (QED) is 0.818. The van der Waals surface area contributed by atoms with Crippen molar-refractivity contribution < 1.29 is 32.2 Å². The predicted molar refractivity (Wildman–Crippen MR) is 97.6 cm³/mol. The summed E-state index contributed by atoms with van der Waals surface area (Å²) in [6.07, 6.45) is -3.99. The lowest BCUT2D eigenvalue weighted by molar-refractivity contribution is -0.274. The summed E-state index contributed by atoms with van der Waals surface area (Å²) in [5, 5.41) is 2.68. The first kappa shape index (κ1) is 20.4. The van der Waals surface area contributed by atoms with Crippen LogP contribution in [0.15, 0.2) is 42.6 Å². The molecule has 0 fully saturated rings. The fourth-order valence-corrected chi connectivity index (χ4v) is 2.87. The fraction of sp³-hybridized carbons (Fsp3) is 0.316. The van der Waals surface area contributed by atoms with Gasteiger partial charge >= 0.3 is 6.36 Å². The van der Waals surface area contributed by atoms with Crippen molar-refractivity contribution in [2.45, 2.75) is 38.8 Å². The Balaban J connectivity index is 1.79. The molecule has 1 aromatic heterocycles. The van der Waals surface area contributed by atoms with Gasteiger partial charge < -0.3 is 14.8 Å². The van der Waals surface area contributed by atoms with Crippen LogP contribution in [0.25, 0.3) is 0 Å². The van der Waals surface area contributed by atoms with Gasteiger partial charge in [0.25, 0.3) is 5.91 Å². The highest BCUT2D eigenvalue weighted by atomic mass is 19.4. The third-order valence-corrected chi connectivity index (χ3v) is 4.26. The molecule has 0 saturated heterocycles. The van der Waals surface area contributed by atoms with Gasteiger partial charge in [0.15, 0.2) is 11.9 Å². The lowest BCUT2D eigenvalue weighted by Gasteiger charge is -2.35. The Kier molecular flexibility index (Phi) is 5.62. The molecule has 154 valence electrons. The number of anilines is 2. The molecule has 3 rings (SSSR count). The zero-order valence-corrected chi connectivity index (χ0v) is 15.6. The zero-order valence-electron chi connectivity index (χ0n) is 15.6. The standard InChI is InChI=1S/C19H18F3N3O4/c1-3-15(28-12-6-8-13(9-7-12)29-19(20,21)22)18(27)25-11(2)17(26)24-14-5-4-10-23-16(14)25/h4-11,15H,3H2,1-2H3,(H,24,26). The first-order valence-electron chi connectivity index (χ1n) is 8.81. The van der Waals surface area contributed by atoms with Crippen molar-refractivity contribution in [2.75, 3.05) is 10.2 Å². The highest BCUT2D eigenvalue weighted by Crippen LogP contribution is 2.31. The van der Waals surface area contributed by atoms with Crippen LogP contribution in [-0.4, -0.2) is 35.3 Å². The number of pyridine rings is 1. The minimum absolute atomic E-state index is 0.190. The number of hydrogen-bond donors (Lipinski definition) is 1. The number of fused-ring (bicyclic) bond motifs is 1. The van der Waals surface area contributed by atoms with E-state index in [0.717, 1.165) is 12.1 Å². The molecule has 0 saturated carbocycles. The van der Waals surface area contributed by atoms with Crippen LogP contribution in [0, 0.1) is 0 Å². The van der Waals surface area contributed by atoms with Crippen LogP contribution < -0.4 is 19.7 Å². The largest absolute Gasteiger partial charge is 0.573 e. The number of amides is 2. The smallest absolute Gasteiger partial charge is 0.481 e. The van der Waals surface area contributed by atoms with E-state index < -0.39 is 30.2 Å². The van der Waals surface area contributed by atoms with Crippen LogP contribution in [-0.2, 0) is 9.59 Å². The van der Waals surface area contributed by atoms with Gasteiger partial charge in [-0.1, -0.05) is 6.92 Å². The van der Waals surface area contributed by atoms with Crippen molar-refractivity contribution >= 4 is 23.3 Å². The Bertz CT molecular complexity index is 902. The van der Waals surface area contributed by atoms with Gasteiger partial charge in [0, 0.05) is 6.20 Å². The Morgan fingerprint density at radius 2 is 1.90 bits per heavy atom. The minimum Gasteiger partial charge on any atom is -0.481 e. The molecule has 10 heteroatoms. The van der Waals surface area contributed by atoms with Crippen molar-refractivity contribution in [3.63, 3.8) is 0 Å². The molecule has 2 heterocycles. The molecule has 1 aliphatic heterocycles. The molecular formula is C19H18F3N3O4. The maximum absolute atomic E-state index is 13.1. The summed E-state index contributed by atoms with van der Waals surface area (Å²) >= 11 is 0. The highest BCUT2D eigenvalue weighted by Gasteiger charge is 2.38. The molecule has 29 heavy (non-hydrogen) atoms. The lowest BCUT2D eigenvalue weighted by Crippen LogP contribution is -2.54. The number of aromatic nitrogens is 1. The Hall–Kier alpha value is -3.30. The molecule has 1 N–H and O–H groups in total. The van der Waals surface area contributed by atoms with E-state index in [1.54, 1.807) is 26.0 Å². The van der Waals surface area contributed by atoms with Crippen molar-refractivity contribution in [3.8, 4) is 11.5 Å². The molecule has 7 nitrogen and oxygen atoms in total. The highest BCUT2D eigenvalue weighted by molar-refractivity contribution is 6.11. The van der Waals surface area contributed by atoms with E-state index in [4.69, 9.17) is 4.74 Å². The third kappa shape index (κ3) is 4.58. The van der Waals surface area contributed by atoms with Gasteiger partial charge in [-0.3, -0.25) is 14.5 Å². The van der Waals surface area contributed by atoms with E-state index in [9.17, 15) is 22.8 Å². The molecule has 1 aliphatic rings. The molecule has 0 aliphatic carbocycles. The summed E-state index contributed by atoms with van der Waals surface area (Å²) in [7, 11) is 0. The fourth-order valence-electron chi connectivity index (χ4n) is 2.87. The molecule has 2 aromatic rings. The molecule has 0 spiro atoms. The molecule has 0 radical (unpaired) electrons. The summed E-state index contributed by atoms with van der Waals surface area (Å²) in [5.74, 6) is -0.743. The number of alkyl halides is 3. The second kappa shape index (κ2) is 7.98. The van der Waals surface area contributed by atoms with Crippen LogP contribution in [0.5, 0.6) is 11.5 Å². The number of benzene rings is 1. The van der Waals surface area contributed by atoms with Gasteiger partial charge in [0.05, 0.1) is 5.69 Å². The van der Waals surface area contributed by atoms with E-state index in [-0.39, 0.29) is 18.1 Å². The number of carbonyl (C=O) groups excluding carboxylic acids is 2. The normalized spacial score (nSPS) is 17.2. The van der Waals surface area contributed by atoms with Crippen LogP contribution in [0.1, 0.15) is 20.3 Å². The van der Waals surface area contributed by atoms with Crippen LogP contribution in [0.4, 0.5) is 24.7 Å². The van der Waals surface area contributed by atoms with Gasteiger partial charge in [-0.25, -0.2) is 4.98 Å². The first-order chi connectivity index (χ1) is 13.7. The topological polar surface area (TPSA) is 80.8 Å². The zero-order chi connectivity index (χ0) is 21.2. The van der Waals surface area contributed by atoms with Crippen LogP contribution >= 0.6 is 0 Å². The Morgan fingerprint density at radius 3 is 2.52 bits per heavy atom. The maximum Gasteiger partial charge on any atom is 0.573 e. The summed E-state index contributed by atoms with van der Waals surface area (Å²) in [6, 6.07) is 7.20. The lowest BCUT2D eigenvalue weighted by atomic mass is 10.1. The van der Waals surface area contributed by atoms with Crippen molar-refractivity contribution in [1.82, 2.24) is 4.98 Å². The maximum atomic E-state index is 13.1. The van der Waals surface area contributed by atoms with E-state index in [2.05, 4.69) is 15.0 Å². The second-order valence-electron chi connectivity index (χ2n) is 6.28. The van der Waals surface area contributed by atoms with E-state index in [1.165, 1.54) is 23.2 Å². The predicted octanol–water partition coefficient (Wildman–Crippen LogP) is 3.51. The van der Waals surface area contributed by atoms with Crippen molar-refractivity contribution in [2.24, 2.45) is 0 Å². The molecule has 2 amide bonds. The van der Waals surface area contributed by atoms with Crippen molar-refractivity contribution in [3.05, 3.63) is 42.6 Å². The van der Waals surface area contributed by atoms with Gasteiger partial charge in [0.2, 0.25) is 5.91 Å². The summed E-state index contributed by atoms with van der Waals surface area (Å²) < 4.78 is 46.3. The van der Waals surface area contributed by atoms with Gasteiger partial charge in [-0.2, -0.15) is 0 Å². The van der Waals surface area contributed by atoms with E-state index in [1.807, 2.05) is 0 Å². The minimum atomic E-state index is -4.80. The summed E-state index contributed by atoms with van der Waals surface area (Å²) in [5.41, 5.74) is 0.410. The molecule has 2 unspecified atom stereocenters. The number of nitrogens with zero attached hydrogens (tertiary/aromatic N) is 2. The molecule has 1 aromatic carbocycles. The van der Waals surface area contributed by atoms with E-state index >= 15 is 0 Å². The van der Waals surface area contributed by atoms with Gasteiger partial charge in [-0.15, -0.1) is 13.2 Å². The number of halogens is 3. The third-order valence-electron chi connectivity index (χ3n) is 4.26. The number of rotatable bonds is 5. The summed E-state index contributed by atoms with van der Waals surface area (Å²) in [6.45, 7) is 3.29.